The molecule has 4 heteroatoms. The van der Waals surface area contributed by atoms with Gasteiger partial charge in [0.15, 0.2) is 0 Å². The number of benzene rings is 1. The van der Waals surface area contributed by atoms with E-state index in [2.05, 4.69) is 5.32 Å². The lowest BCUT2D eigenvalue weighted by atomic mass is 9.98. The van der Waals surface area contributed by atoms with Crippen molar-refractivity contribution < 1.29 is 9.53 Å². The third-order valence-corrected chi connectivity index (χ3v) is 3.16. The van der Waals surface area contributed by atoms with E-state index in [1.165, 1.54) is 7.11 Å². The minimum atomic E-state index is -0.261. The van der Waals surface area contributed by atoms with E-state index in [1.807, 2.05) is 30.3 Å². The summed E-state index contributed by atoms with van der Waals surface area (Å²) in [6.07, 6.45) is 2.57. The van der Waals surface area contributed by atoms with Gasteiger partial charge in [-0.05, 0) is 18.1 Å². The predicted molar refractivity (Wildman–Crippen MR) is 66.9 cm³/mol. The van der Waals surface area contributed by atoms with Gasteiger partial charge in [-0.15, -0.1) is 0 Å². The Hall–Kier alpha value is -1.32. The standard InChI is InChI=1S/C13H14ClNO2/c1-17-13(16)9-6-7-15-12(8-9)10-4-2-3-5-11(10)14/h2-5,8,12,15H,6-7H2,1H3. The third-order valence-electron chi connectivity index (χ3n) is 2.81. The molecule has 1 aromatic rings. The van der Waals surface area contributed by atoms with E-state index in [1.54, 1.807) is 0 Å². The highest BCUT2D eigenvalue weighted by Gasteiger charge is 2.20. The molecule has 1 atom stereocenters. The van der Waals surface area contributed by atoms with Gasteiger partial charge in [-0.3, -0.25) is 0 Å². The van der Waals surface area contributed by atoms with Crippen LogP contribution in [0.2, 0.25) is 5.02 Å². The number of ether oxygens (including phenoxy) is 1. The van der Waals surface area contributed by atoms with Crippen LogP contribution in [0, 0.1) is 0 Å². The molecule has 0 spiro atoms. The number of esters is 1. The second-order valence-electron chi connectivity index (χ2n) is 3.89. The van der Waals surface area contributed by atoms with Crippen LogP contribution in [0.1, 0.15) is 18.0 Å². The number of nitrogens with one attached hydrogen (secondary N) is 1. The first-order valence-electron chi connectivity index (χ1n) is 5.49. The molecule has 0 aromatic heterocycles. The maximum Gasteiger partial charge on any atom is 0.333 e. The van der Waals surface area contributed by atoms with Crippen molar-refractivity contribution in [2.75, 3.05) is 13.7 Å². The smallest absolute Gasteiger partial charge is 0.333 e. The fourth-order valence-electron chi connectivity index (χ4n) is 1.93. The monoisotopic (exact) mass is 251 g/mol. The summed E-state index contributed by atoms with van der Waals surface area (Å²) in [5, 5.41) is 4.02. The molecule has 1 unspecified atom stereocenters. The lowest BCUT2D eigenvalue weighted by Gasteiger charge is -2.22. The van der Waals surface area contributed by atoms with Crippen molar-refractivity contribution in [1.29, 1.82) is 0 Å². The average molecular weight is 252 g/mol. The molecule has 0 saturated heterocycles. The topological polar surface area (TPSA) is 38.3 Å². The number of methoxy groups -OCH3 is 1. The van der Waals surface area contributed by atoms with Crippen molar-refractivity contribution >= 4 is 17.6 Å². The first kappa shape index (κ1) is 12.1. The van der Waals surface area contributed by atoms with Gasteiger partial charge < -0.3 is 10.1 Å². The molecule has 90 valence electrons. The first-order valence-corrected chi connectivity index (χ1v) is 5.87. The van der Waals surface area contributed by atoms with Crippen LogP contribution < -0.4 is 5.32 Å². The van der Waals surface area contributed by atoms with Crippen LogP contribution in [0.25, 0.3) is 0 Å². The summed E-state index contributed by atoms with van der Waals surface area (Å²) < 4.78 is 4.74. The fraction of sp³-hybridized carbons (Fsp3) is 0.308. The molecule has 3 nitrogen and oxygen atoms in total. The highest BCUT2D eigenvalue weighted by atomic mass is 35.5. The van der Waals surface area contributed by atoms with Crippen LogP contribution in [0.3, 0.4) is 0 Å². The van der Waals surface area contributed by atoms with Gasteiger partial charge in [0.05, 0.1) is 13.2 Å². The molecular formula is C13H14ClNO2. The van der Waals surface area contributed by atoms with Crippen molar-refractivity contribution in [1.82, 2.24) is 5.32 Å². The molecule has 0 radical (unpaired) electrons. The maximum absolute atomic E-state index is 11.5. The molecule has 0 fully saturated rings. The molecule has 0 amide bonds. The zero-order chi connectivity index (χ0) is 12.3. The van der Waals surface area contributed by atoms with Gasteiger partial charge in [0.2, 0.25) is 0 Å². The van der Waals surface area contributed by atoms with Gasteiger partial charge >= 0.3 is 5.97 Å². The van der Waals surface area contributed by atoms with Gasteiger partial charge in [-0.25, -0.2) is 4.79 Å². The Morgan fingerprint density at radius 1 is 1.47 bits per heavy atom. The van der Waals surface area contributed by atoms with Gasteiger partial charge in [-0.1, -0.05) is 35.9 Å². The molecule has 17 heavy (non-hydrogen) atoms. The van der Waals surface area contributed by atoms with E-state index < -0.39 is 0 Å². The number of hydrogen-bond donors (Lipinski definition) is 1. The number of halogens is 1. The van der Waals surface area contributed by atoms with Gasteiger partial charge in [-0.2, -0.15) is 0 Å². The molecule has 0 aliphatic carbocycles. The van der Waals surface area contributed by atoms with E-state index in [4.69, 9.17) is 16.3 Å². The van der Waals surface area contributed by atoms with Crippen molar-refractivity contribution in [3.63, 3.8) is 0 Å². The molecule has 2 rings (SSSR count). The molecule has 1 aliphatic rings. The first-order chi connectivity index (χ1) is 8.22. The number of rotatable bonds is 2. The van der Waals surface area contributed by atoms with Crippen molar-refractivity contribution in [3.05, 3.63) is 46.5 Å². The third kappa shape index (κ3) is 2.68. The van der Waals surface area contributed by atoms with E-state index in [9.17, 15) is 4.79 Å². The summed E-state index contributed by atoms with van der Waals surface area (Å²) in [7, 11) is 1.40. The Kier molecular flexibility index (Phi) is 3.82. The summed E-state index contributed by atoms with van der Waals surface area (Å²) in [5.41, 5.74) is 1.69. The molecule has 0 bridgehead atoms. The lowest BCUT2D eigenvalue weighted by Crippen LogP contribution is -2.28. The Morgan fingerprint density at radius 2 is 2.24 bits per heavy atom. The van der Waals surface area contributed by atoms with Gasteiger partial charge in [0.25, 0.3) is 0 Å². The average Bonchev–Trinajstić information content (AvgIpc) is 2.38. The van der Waals surface area contributed by atoms with E-state index in [0.29, 0.717) is 17.0 Å². The van der Waals surface area contributed by atoms with Crippen molar-refractivity contribution in [2.45, 2.75) is 12.5 Å². The zero-order valence-corrected chi connectivity index (χ0v) is 10.3. The minimum absolute atomic E-state index is 0.0217. The molecule has 1 N–H and O–H groups in total. The predicted octanol–water partition coefficient (Wildman–Crippen LogP) is 2.47. The summed E-state index contributed by atoms with van der Waals surface area (Å²) >= 11 is 6.13. The molecule has 0 saturated carbocycles. The molecule has 1 aliphatic heterocycles. The number of carbonyl (C=O) groups is 1. The normalized spacial score (nSPS) is 19.6. The molecule has 1 aromatic carbocycles. The van der Waals surface area contributed by atoms with Crippen LogP contribution in [0.5, 0.6) is 0 Å². The van der Waals surface area contributed by atoms with Crippen LogP contribution in [-0.2, 0) is 9.53 Å². The Balaban J connectivity index is 2.28. The highest BCUT2D eigenvalue weighted by Crippen LogP contribution is 2.27. The van der Waals surface area contributed by atoms with Crippen LogP contribution >= 0.6 is 11.6 Å². The Morgan fingerprint density at radius 3 is 2.94 bits per heavy atom. The Bertz CT molecular complexity index is 456. The summed E-state index contributed by atoms with van der Waals surface area (Å²) in [4.78, 5) is 11.5. The van der Waals surface area contributed by atoms with Gasteiger partial charge in [0.1, 0.15) is 0 Å². The quantitative estimate of drug-likeness (QED) is 0.821. The summed E-state index contributed by atoms with van der Waals surface area (Å²) in [6.45, 7) is 0.747. The van der Waals surface area contributed by atoms with Crippen LogP contribution in [0.15, 0.2) is 35.9 Å². The summed E-state index contributed by atoms with van der Waals surface area (Å²) in [6, 6.07) is 7.60. The second-order valence-corrected chi connectivity index (χ2v) is 4.29. The highest BCUT2D eigenvalue weighted by molar-refractivity contribution is 6.31. The van der Waals surface area contributed by atoms with Crippen molar-refractivity contribution in [3.8, 4) is 0 Å². The van der Waals surface area contributed by atoms with Crippen LogP contribution in [-0.4, -0.2) is 19.6 Å². The Labute approximate surface area is 105 Å². The lowest BCUT2D eigenvalue weighted by molar-refractivity contribution is -0.136. The van der Waals surface area contributed by atoms with E-state index in [0.717, 1.165) is 12.1 Å². The fourth-order valence-corrected chi connectivity index (χ4v) is 2.19. The largest absolute Gasteiger partial charge is 0.466 e. The van der Waals surface area contributed by atoms with Crippen molar-refractivity contribution in [2.24, 2.45) is 0 Å². The maximum atomic E-state index is 11.5. The zero-order valence-electron chi connectivity index (χ0n) is 9.57. The van der Waals surface area contributed by atoms with Gasteiger partial charge in [0, 0.05) is 17.1 Å². The SMILES string of the molecule is COC(=O)C1=CC(c2ccccc2Cl)NCC1. The minimum Gasteiger partial charge on any atom is -0.466 e. The van der Waals surface area contributed by atoms with Crippen LogP contribution in [0.4, 0.5) is 0 Å². The number of hydrogen-bond acceptors (Lipinski definition) is 3. The second kappa shape index (κ2) is 5.34. The molecular weight excluding hydrogens is 238 g/mol. The van der Waals surface area contributed by atoms with E-state index >= 15 is 0 Å². The summed E-state index contributed by atoms with van der Waals surface area (Å²) in [5.74, 6) is -0.261. The number of carbonyl (C=O) groups excluding carboxylic acids is 1. The molecule has 1 heterocycles. The van der Waals surface area contributed by atoms with E-state index in [-0.39, 0.29) is 12.0 Å².